The van der Waals surface area contributed by atoms with E-state index in [1.165, 1.54) is 11.1 Å². The van der Waals surface area contributed by atoms with Crippen molar-refractivity contribution in [1.29, 1.82) is 0 Å². The van der Waals surface area contributed by atoms with Crippen LogP contribution in [0.4, 0.5) is 5.69 Å². The molecule has 0 fully saturated rings. The van der Waals surface area contributed by atoms with Gasteiger partial charge >= 0.3 is 0 Å². The standard InChI is InChI=1S/C17H16N2S/c1-11-5-3-4-6-14(11)16-10-20-17(19-16)13-8-7-12(2)15(18)9-13/h3-10H,18H2,1-2H3. The molecule has 0 bridgehead atoms. The third kappa shape index (κ3) is 2.32. The lowest BCUT2D eigenvalue weighted by Crippen LogP contribution is -1.89. The van der Waals surface area contributed by atoms with Gasteiger partial charge in [-0.25, -0.2) is 4.98 Å². The molecule has 1 aromatic heterocycles. The summed E-state index contributed by atoms with van der Waals surface area (Å²) in [7, 11) is 0. The van der Waals surface area contributed by atoms with Gasteiger partial charge in [0.2, 0.25) is 0 Å². The van der Waals surface area contributed by atoms with Gasteiger partial charge in [-0.1, -0.05) is 36.4 Å². The monoisotopic (exact) mass is 280 g/mol. The maximum atomic E-state index is 5.98. The van der Waals surface area contributed by atoms with Crippen molar-refractivity contribution < 1.29 is 0 Å². The summed E-state index contributed by atoms with van der Waals surface area (Å²) in [5.41, 5.74) is 12.4. The quantitative estimate of drug-likeness (QED) is 0.692. The fraction of sp³-hybridized carbons (Fsp3) is 0.118. The molecule has 0 saturated heterocycles. The number of hydrogen-bond acceptors (Lipinski definition) is 3. The van der Waals surface area contributed by atoms with Gasteiger partial charge in [-0.3, -0.25) is 0 Å². The summed E-state index contributed by atoms with van der Waals surface area (Å²) < 4.78 is 0. The van der Waals surface area contributed by atoms with Crippen LogP contribution < -0.4 is 5.73 Å². The van der Waals surface area contributed by atoms with Crippen LogP contribution in [0.5, 0.6) is 0 Å². The van der Waals surface area contributed by atoms with Crippen LogP contribution in [0.3, 0.4) is 0 Å². The Morgan fingerprint density at radius 2 is 1.80 bits per heavy atom. The Morgan fingerprint density at radius 3 is 2.55 bits per heavy atom. The second-order valence-electron chi connectivity index (χ2n) is 4.92. The van der Waals surface area contributed by atoms with Crippen molar-refractivity contribution in [2.45, 2.75) is 13.8 Å². The lowest BCUT2D eigenvalue weighted by atomic mass is 10.1. The molecular formula is C17H16N2S. The van der Waals surface area contributed by atoms with E-state index in [2.05, 4.69) is 30.5 Å². The minimum absolute atomic E-state index is 0.815. The highest BCUT2D eigenvalue weighted by Crippen LogP contribution is 2.31. The van der Waals surface area contributed by atoms with Crippen molar-refractivity contribution in [3.63, 3.8) is 0 Å². The first-order chi connectivity index (χ1) is 9.65. The van der Waals surface area contributed by atoms with Gasteiger partial charge in [-0.05, 0) is 31.0 Å². The summed E-state index contributed by atoms with van der Waals surface area (Å²) in [6.07, 6.45) is 0. The van der Waals surface area contributed by atoms with Crippen molar-refractivity contribution in [2.75, 3.05) is 5.73 Å². The van der Waals surface area contributed by atoms with Gasteiger partial charge in [0.15, 0.2) is 0 Å². The van der Waals surface area contributed by atoms with Gasteiger partial charge in [-0.2, -0.15) is 0 Å². The van der Waals surface area contributed by atoms with E-state index >= 15 is 0 Å². The zero-order valence-electron chi connectivity index (χ0n) is 11.6. The SMILES string of the molecule is Cc1ccc(-c2nc(-c3ccccc3C)cs2)cc1N. The summed E-state index contributed by atoms with van der Waals surface area (Å²) >= 11 is 1.65. The number of thiazole rings is 1. The average molecular weight is 280 g/mol. The second kappa shape index (κ2) is 5.10. The molecule has 2 nitrogen and oxygen atoms in total. The van der Waals surface area contributed by atoms with Gasteiger partial charge in [0.25, 0.3) is 0 Å². The molecule has 2 aromatic carbocycles. The lowest BCUT2D eigenvalue weighted by Gasteiger charge is -2.03. The molecule has 0 aliphatic rings. The first-order valence-corrected chi connectivity index (χ1v) is 7.41. The van der Waals surface area contributed by atoms with E-state index in [0.717, 1.165) is 27.5 Å². The van der Waals surface area contributed by atoms with Crippen LogP contribution in [0.1, 0.15) is 11.1 Å². The van der Waals surface area contributed by atoms with Crippen LogP contribution >= 0.6 is 11.3 Å². The zero-order chi connectivity index (χ0) is 14.1. The van der Waals surface area contributed by atoms with Crippen molar-refractivity contribution in [2.24, 2.45) is 0 Å². The molecule has 0 aliphatic heterocycles. The highest BCUT2D eigenvalue weighted by Gasteiger charge is 2.09. The van der Waals surface area contributed by atoms with Crippen molar-refractivity contribution in [1.82, 2.24) is 4.98 Å². The highest BCUT2D eigenvalue weighted by atomic mass is 32.1. The third-order valence-electron chi connectivity index (χ3n) is 3.45. The predicted octanol–water partition coefficient (Wildman–Crippen LogP) is 4.68. The summed E-state index contributed by atoms with van der Waals surface area (Å²) in [6, 6.07) is 14.4. The largest absolute Gasteiger partial charge is 0.398 e. The molecule has 2 N–H and O–H groups in total. The number of aromatic nitrogens is 1. The average Bonchev–Trinajstić information content (AvgIpc) is 2.92. The molecule has 3 aromatic rings. The molecule has 0 amide bonds. The van der Waals surface area contributed by atoms with Crippen molar-refractivity contribution in [3.8, 4) is 21.8 Å². The van der Waals surface area contributed by atoms with Crippen LogP contribution in [0, 0.1) is 13.8 Å². The minimum Gasteiger partial charge on any atom is -0.398 e. The van der Waals surface area contributed by atoms with Gasteiger partial charge < -0.3 is 5.73 Å². The van der Waals surface area contributed by atoms with Crippen molar-refractivity contribution >= 4 is 17.0 Å². The van der Waals surface area contributed by atoms with E-state index in [1.54, 1.807) is 11.3 Å². The van der Waals surface area contributed by atoms with Crippen LogP contribution in [0.2, 0.25) is 0 Å². The molecule has 0 saturated carbocycles. The van der Waals surface area contributed by atoms with Gasteiger partial charge in [0, 0.05) is 22.2 Å². The Morgan fingerprint density at radius 1 is 1.00 bits per heavy atom. The zero-order valence-corrected chi connectivity index (χ0v) is 12.4. The number of benzene rings is 2. The number of nitrogens with two attached hydrogens (primary N) is 1. The van der Waals surface area contributed by atoms with Gasteiger partial charge in [0.1, 0.15) is 5.01 Å². The first-order valence-electron chi connectivity index (χ1n) is 6.53. The lowest BCUT2D eigenvalue weighted by molar-refractivity contribution is 1.36. The van der Waals surface area contributed by atoms with Crippen LogP contribution in [-0.2, 0) is 0 Å². The Balaban J connectivity index is 2.02. The van der Waals surface area contributed by atoms with Crippen molar-refractivity contribution in [3.05, 3.63) is 59.0 Å². The maximum Gasteiger partial charge on any atom is 0.124 e. The number of aryl methyl sites for hydroxylation is 2. The Bertz CT molecular complexity index is 759. The molecule has 0 aliphatic carbocycles. The van der Waals surface area contributed by atoms with E-state index in [4.69, 9.17) is 10.7 Å². The van der Waals surface area contributed by atoms with Gasteiger partial charge in [-0.15, -0.1) is 11.3 Å². The van der Waals surface area contributed by atoms with E-state index in [1.807, 2.05) is 31.2 Å². The fourth-order valence-corrected chi connectivity index (χ4v) is 2.98. The molecular weight excluding hydrogens is 264 g/mol. The van der Waals surface area contributed by atoms with E-state index in [9.17, 15) is 0 Å². The molecule has 20 heavy (non-hydrogen) atoms. The molecule has 0 radical (unpaired) electrons. The smallest absolute Gasteiger partial charge is 0.124 e. The van der Waals surface area contributed by atoms with E-state index in [-0.39, 0.29) is 0 Å². The predicted molar refractivity (Wildman–Crippen MR) is 86.9 cm³/mol. The Labute approximate surface area is 122 Å². The van der Waals surface area contributed by atoms with Crippen LogP contribution in [0.15, 0.2) is 47.8 Å². The highest BCUT2D eigenvalue weighted by molar-refractivity contribution is 7.13. The molecule has 3 heteroatoms. The van der Waals surface area contributed by atoms with E-state index < -0.39 is 0 Å². The second-order valence-corrected chi connectivity index (χ2v) is 5.78. The Kier molecular flexibility index (Phi) is 3.28. The number of nitrogen functional groups attached to an aromatic ring is 1. The summed E-state index contributed by atoms with van der Waals surface area (Å²) in [5, 5.41) is 3.11. The summed E-state index contributed by atoms with van der Waals surface area (Å²) in [4.78, 5) is 4.75. The minimum atomic E-state index is 0.815. The number of rotatable bonds is 2. The summed E-state index contributed by atoms with van der Waals surface area (Å²) in [5.74, 6) is 0. The molecule has 0 unspecified atom stereocenters. The number of nitrogens with zero attached hydrogens (tertiary/aromatic N) is 1. The number of anilines is 1. The molecule has 1 heterocycles. The van der Waals surface area contributed by atoms with Crippen LogP contribution in [0.25, 0.3) is 21.8 Å². The van der Waals surface area contributed by atoms with Gasteiger partial charge in [0.05, 0.1) is 5.69 Å². The third-order valence-corrected chi connectivity index (χ3v) is 4.34. The normalized spacial score (nSPS) is 10.7. The molecule has 3 rings (SSSR count). The van der Waals surface area contributed by atoms with Crippen LogP contribution in [-0.4, -0.2) is 4.98 Å². The molecule has 0 atom stereocenters. The first kappa shape index (κ1) is 12.9. The number of hydrogen-bond donors (Lipinski definition) is 1. The molecule has 0 spiro atoms. The molecule has 100 valence electrons. The van der Waals surface area contributed by atoms with E-state index in [0.29, 0.717) is 0 Å². The topological polar surface area (TPSA) is 38.9 Å². The fourth-order valence-electron chi connectivity index (χ4n) is 2.16. The Hall–Kier alpha value is -2.13. The summed E-state index contributed by atoms with van der Waals surface area (Å²) in [6.45, 7) is 4.12. The maximum absolute atomic E-state index is 5.98.